The van der Waals surface area contributed by atoms with Crippen LogP contribution in [0.15, 0.2) is 103 Å². The van der Waals surface area contributed by atoms with Gasteiger partial charge in [0.25, 0.3) is 0 Å². The van der Waals surface area contributed by atoms with Gasteiger partial charge in [0, 0.05) is 10.8 Å². The fourth-order valence-corrected chi connectivity index (χ4v) is 4.88. The van der Waals surface area contributed by atoms with Gasteiger partial charge < -0.3 is 13.8 Å². The van der Waals surface area contributed by atoms with E-state index >= 15 is 0 Å². The molecule has 0 bridgehead atoms. The van der Waals surface area contributed by atoms with Gasteiger partial charge in [0.1, 0.15) is 31.7 Å². The molecule has 4 aromatic rings. The van der Waals surface area contributed by atoms with Crippen molar-refractivity contribution < 1.29 is 89.8 Å². The Kier molecular flexibility index (Phi) is 11.5. The van der Waals surface area contributed by atoms with Crippen molar-refractivity contribution in [1.82, 2.24) is 0 Å². The molecule has 0 aliphatic carbocycles. The fourth-order valence-electron chi connectivity index (χ4n) is 3.48. The zero-order chi connectivity index (χ0) is 26.8. The van der Waals surface area contributed by atoms with Crippen LogP contribution in [0.3, 0.4) is 0 Å². The first kappa shape index (κ1) is 33.2. The molecule has 0 fully saturated rings. The van der Waals surface area contributed by atoms with Crippen molar-refractivity contribution in [2.45, 2.75) is 16.7 Å². The van der Waals surface area contributed by atoms with E-state index in [0.717, 1.165) is 17.7 Å². The predicted molar refractivity (Wildman–Crippen MR) is 132 cm³/mol. The van der Waals surface area contributed by atoms with Gasteiger partial charge in [0.2, 0.25) is 0 Å². The van der Waals surface area contributed by atoms with Crippen molar-refractivity contribution in [1.29, 1.82) is 0 Å². The maximum absolute atomic E-state index is 11.8. The standard InChI is InChI=1S/C24H20N4O7S2.2Na/c1-15-6-11-22(35-2)21(12-15)28-26-17-9-7-16(8-10-17)25-27-18-13-20-19(24(14-18)37(32,33)34)4-3-5-23(20)36(29,30)31;;/h3-14H,1-2H3,(H,29,30,31)(H,32,33,34);;/q;2*+1/p-2. The zero-order valence-electron chi connectivity index (χ0n) is 21.4. The molecule has 0 aliphatic heterocycles. The predicted octanol–water partition coefficient (Wildman–Crippen LogP) is -0.196. The van der Waals surface area contributed by atoms with Gasteiger partial charge in [-0.05, 0) is 67.1 Å². The second-order valence-corrected chi connectivity index (χ2v) is 10.5. The van der Waals surface area contributed by atoms with Gasteiger partial charge in [-0.25, -0.2) is 16.8 Å². The molecule has 0 saturated carbocycles. The van der Waals surface area contributed by atoms with Crippen molar-refractivity contribution in [2.24, 2.45) is 20.5 Å². The number of hydrogen-bond acceptors (Lipinski definition) is 11. The Hall–Kier alpha value is -2.04. The molecule has 190 valence electrons. The van der Waals surface area contributed by atoms with Crippen LogP contribution in [-0.4, -0.2) is 33.1 Å². The molecule has 11 nitrogen and oxygen atoms in total. The van der Waals surface area contributed by atoms with Crippen LogP contribution in [-0.2, 0) is 20.2 Å². The smallest absolute Gasteiger partial charge is 0.744 e. The second kappa shape index (κ2) is 13.5. The van der Waals surface area contributed by atoms with E-state index in [1.165, 1.54) is 25.3 Å². The monoisotopic (exact) mass is 584 g/mol. The van der Waals surface area contributed by atoms with Crippen LogP contribution < -0.4 is 63.9 Å². The largest absolute Gasteiger partial charge is 1.00 e. The van der Waals surface area contributed by atoms with Crippen LogP contribution >= 0.6 is 0 Å². The molecule has 0 saturated heterocycles. The third-order valence-electron chi connectivity index (χ3n) is 5.18. The normalized spacial score (nSPS) is 11.9. The summed E-state index contributed by atoms with van der Waals surface area (Å²) in [5.74, 6) is 0.572. The topological polar surface area (TPSA) is 173 Å². The summed E-state index contributed by atoms with van der Waals surface area (Å²) in [5, 5.41) is 15.9. The van der Waals surface area contributed by atoms with Gasteiger partial charge in [-0.3, -0.25) is 0 Å². The summed E-state index contributed by atoms with van der Waals surface area (Å²) in [6, 6.07) is 17.5. The van der Waals surface area contributed by atoms with E-state index in [0.29, 0.717) is 22.8 Å². The number of rotatable bonds is 7. The minimum Gasteiger partial charge on any atom is -0.744 e. The van der Waals surface area contributed by atoms with Crippen molar-refractivity contribution in [2.75, 3.05) is 7.11 Å². The molecular weight excluding hydrogens is 566 g/mol. The van der Waals surface area contributed by atoms with Gasteiger partial charge in [-0.15, -0.1) is 5.11 Å². The van der Waals surface area contributed by atoms with Crippen molar-refractivity contribution >= 4 is 53.8 Å². The Balaban J connectivity index is 0.00000267. The maximum atomic E-state index is 11.8. The number of azo groups is 2. The number of hydrogen-bond donors (Lipinski definition) is 0. The van der Waals surface area contributed by atoms with Crippen molar-refractivity contribution in [3.05, 3.63) is 78.4 Å². The van der Waals surface area contributed by atoms with E-state index in [2.05, 4.69) is 20.5 Å². The number of nitrogens with zero attached hydrogens (tertiary/aromatic N) is 4. The molecule has 0 atom stereocenters. The van der Waals surface area contributed by atoms with Crippen LogP contribution in [0.5, 0.6) is 5.75 Å². The van der Waals surface area contributed by atoms with Crippen LogP contribution in [0.1, 0.15) is 5.56 Å². The molecular formula is C24H18N4Na2O7S2. The summed E-state index contributed by atoms with van der Waals surface area (Å²) in [5.41, 5.74) is 2.29. The molecule has 39 heavy (non-hydrogen) atoms. The summed E-state index contributed by atoms with van der Waals surface area (Å²) >= 11 is 0. The molecule has 0 amide bonds. The summed E-state index contributed by atoms with van der Waals surface area (Å²) in [7, 11) is -8.44. The first-order chi connectivity index (χ1) is 17.5. The summed E-state index contributed by atoms with van der Waals surface area (Å²) in [4.78, 5) is -1.39. The Morgan fingerprint density at radius 1 is 0.641 bits per heavy atom. The minimum absolute atomic E-state index is 0. The molecule has 0 heterocycles. The number of ether oxygens (including phenoxy) is 1. The van der Waals surface area contributed by atoms with Gasteiger partial charge in [-0.2, -0.15) is 15.3 Å². The maximum Gasteiger partial charge on any atom is 1.00 e. The van der Waals surface area contributed by atoms with E-state index in [1.807, 2.05) is 19.1 Å². The van der Waals surface area contributed by atoms with Crippen molar-refractivity contribution in [3.63, 3.8) is 0 Å². The molecule has 0 aliphatic rings. The van der Waals surface area contributed by atoms with E-state index < -0.39 is 30.0 Å². The number of benzene rings is 4. The third kappa shape index (κ3) is 8.24. The Labute approximate surface area is 269 Å². The van der Waals surface area contributed by atoms with E-state index in [9.17, 15) is 25.9 Å². The van der Waals surface area contributed by atoms with Crippen LogP contribution in [0.4, 0.5) is 22.7 Å². The minimum atomic E-state index is -5.02. The second-order valence-electron chi connectivity index (χ2n) is 7.80. The van der Waals surface area contributed by atoms with Gasteiger partial charge in [-0.1, -0.05) is 18.2 Å². The van der Waals surface area contributed by atoms with Gasteiger partial charge >= 0.3 is 59.1 Å². The Morgan fingerprint density at radius 2 is 1.21 bits per heavy atom. The SMILES string of the molecule is COc1ccc(C)cc1N=Nc1ccc(N=Nc2cc(S(=O)(=O)[O-])c3cccc(S(=O)(=O)[O-])c3c2)cc1.[Na+].[Na+]. The molecule has 0 aromatic heterocycles. The van der Waals surface area contributed by atoms with Gasteiger partial charge in [0.15, 0.2) is 0 Å². The first-order valence-corrected chi connectivity index (χ1v) is 13.3. The van der Waals surface area contributed by atoms with E-state index in [-0.39, 0.29) is 75.6 Å². The average molecular weight is 585 g/mol. The Morgan fingerprint density at radius 3 is 1.77 bits per heavy atom. The molecule has 15 heteroatoms. The van der Waals surface area contributed by atoms with Crippen LogP contribution in [0.2, 0.25) is 0 Å². The quantitative estimate of drug-likeness (QED) is 0.164. The van der Waals surface area contributed by atoms with Crippen LogP contribution in [0.25, 0.3) is 10.8 Å². The summed E-state index contributed by atoms with van der Waals surface area (Å²) in [6.07, 6.45) is 0. The van der Waals surface area contributed by atoms with Crippen molar-refractivity contribution in [3.8, 4) is 5.75 Å². The number of methoxy groups -OCH3 is 1. The molecule has 0 spiro atoms. The molecule has 4 aromatic carbocycles. The summed E-state index contributed by atoms with van der Waals surface area (Å²) < 4.78 is 75.7. The fraction of sp³-hybridized carbons (Fsp3) is 0.0833. The first-order valence-electron chi connectivity index (χ1n) is 10.5. The molecule has 0 radical (unpaired) electrons. The third-order valence-corrected chi connectivity index (χ3v) is 6.95. The molecule has 0 N–H and O–H groups in total. The van der Waals surface area contributed by atoms with Crippen LogP contribution in [0, 0.1) is 6.92 Å². The average Bonchev–Trinajstić information content (AvgIpc) is 2.85. The van der Waals surface area contributed by atoms with E-state index in [1.54, 1.807) is 30.3 Å². The zero-order valence-corrected chi connectivity index (χ0v) is 27.0. The molecule has 0 unspecified atom stereocenters. The van der Waals surface area contributed by atoms with E-state index in [4.69, 9.17) is 4.74 Å². The number of aryl methyl sites for hydroxylation is 1. The number of fused-ring (bicyclic) bond motifs is 1. The van der Waals surface area contributed by atoms with Gasteiger partial charge in [0.05, 0.1) is 34.0 Å². The Bertz CT molecular complexity index is 1780. The molecule has 4 rings (SSSR count). The summed E-state index contributed by atoms with van der Waals surface area (Å²) in [6.45, 7) is 1.92.